The third kappa shape index (κ3) is 5.76. The van der Waals surface area contributed by atoms with Crippen LogP contribution in [0, 0.1) is 0 Å². The van der Waals surface area contributed by atoms with Gasteiger partial charge in [0.05, 0.1) is 13.2 Å². The molecule has 2 heterocycles. The quantitative estimate of drug-likeness (QED) is 0.769. The number of hydrogen-bond acceptors (Lipinski definition) is 4. The largest absolute Gasteiger partial charge is 0.491 e. The molecule has 4 rings (SSSR count). The maximum atomic E-state index is 5.40. The Labute approximate surface area is 130 Å². The van der Waals surface area contributed by atoms with Crippen LogP contribution in [0.3, 0.4) is 0 Å². The summed E-state index contributed by atoms with van der Waals surface area (Å²) < 4.78 is 20.8. The predicted octanol–water partition coefficient (Wildman–Crippen LogP) is 2.93. The van der Waals surface area contributed by atoms with Crippen molar-refractivity contribution >= 4 is 0 Å². The van der Waals surface area contributed by atoms with Crippen LogP contribution in [0.25, 0.3) is 0 Å². The zero-order chi connectivity index (χ0) is 15.0. The zero-order valence-corrected chi connectivity index (χ0v) is 12.4. The minimum atomic E-state index is 0.343. The van der Waals surface area contributed by atoms with Crippen molar-refractivity contribution in [1.82, 2.24) is 0 Å². The van der Waals surface area contributed by atoms with Gasteiger partial charge in [0, 0.05) is 0 Å². The molecule has 4 heteroatoms. The number of rotatable bonds is 6. The second-order valence-electron chi connectivity index (χ2n) is 5.16. The molecule has 0 amide bonds. The van der Waals surface area contributed by atoms with Crippen molar-refractivity contribution in [3.63, 3.8) is 0 Å². The van der Waals surface area contributed by atoms with Gasteiger partial charge < -0.3 is 18.9 Å². The van der Waals surface area contributed by atoms with Gasteiger partial charge in [0.15, 0.2) is 0 Å². The highest BCUT2D eigenvalue weighted by Gasteiger charge is 2.23. The summed E-state index contributed by atoms with van der Waals surface area (Å²) in [7, 11) is 0. The minimum absolute atomic E-state index is 0.343. The van der Waals surface area contributed by atoms with E-state index in [1.165, 1.54) is 0 Å². The van der Waals surface area contributed by atoms with Gasteiger partial charge in [0.1, 0.15) is 36.9 Å². The van der Waals surface area contributed by atoms with E-state index in [1.807, 2.05) is 60.7 Å². The molecule has 0 spiro atoms. The molecule has 2 aliphatic rings. The van der Waals surface area contributed by atoms with Crippen molar-refractivity contribution in [2.75, 3.05) is 26.4 Å². The lowest BCUT2D eigenvalue weighted by Gasteiger charge is -2.01. The van der Waals surface area contributed by atoms with Crippen molar-refractivity contribution in [3.05, 3.63) is 60.7 Å². The van der Waals surface area contributed by atoms with E-state index in [1.54, 1.807) is 0 Å². The van der Waals surface area contributed by atoms with E-state index >= 15 is 0 Å². The molecular formula is C18H20O4. The van der Waals surface area contributed by atoms with Crippen LogP contribution in [0.15, 0.2) is 60.7 Å². The summed E-state index contributed by atoms with van der Waals surface area (Å²) in [6.07, 6.45) is 0.686. The minimum Gasteiger partial charge on any atom is -0.491 e. The lowest BCUT2D eigenvalue weighted by atomic mass is 10.3. The Bertz CT molecular complexity index is 484. The first-order chi connectivity index (χ1) is 10.9. The van der Waals surface area contributed by atoms with Gasteiger partial charge in [-0.3, -0.25) is 0 Å². The van der Waals surface area contributed by atoms with Crippen molar-refractivity contribution in [1.29, 1.82) is 0 Å². The summed E-state index contributed by atoms with van der Waals surface area (Å²) in [4.78, 5) is 0. The molecule has 2 saturated heterocycles. The van der Waals surface area contributed by atoms with Gasteiger partial charge in [-0.25, -0.2) is 0 Å². The third-order valence-corrected chi connectivity index (χ3v) is 3.16. The number of hydrogen-bond donors (Lipinski definition) is 0. The summed E-state index contributed by atoms with van der Waals surface area (Å²) >= 11 is 0. The van der Waals surface area contributed by atoms with Gasteiger partial charge in [-0.15, -0.1) is 0 Å². The van der Waals surface area contributed by atoms with Crippen LogP contribution >= 0.6 is 0 Å². The average molecular weight is 300 g/mol. The topological polar surface area (TPSA) is 43.5 Å². The molecule has 116 valence electrons. The summed E-state index contributed by atoms with van der Waals surface area (Å²) in [5.74, 6) is 1.84. The smallest absolute Gasteiger partial charge is 0.119 e. The fourth-order valence-electron chi connectivity index (χ4n) is 1.74. The Morgan fingerprint density at radius 2 is 1.05 bits per heavy atom. The zero-order valence-electron chi connectivity index (χ0n) is 12.4. The Kier molecular flexibility index (Phi) is 5.29. The highest BCUT2D eigenvalue weighted by molar-refractivity contribution is 5.21. The van der Waals surface area contributed by atoms with Crippen LogP contribution in [0.4, 0.5) is 0 Å². The fraction of sp³-hybridized carbons (Fsp3) is 0.333. The molecule has 0 bridgehead atoms. The van der Waals surface area contributed by atoms with Gasteiger partial charge in [-0.1, -0.05) is 36.4 Å². The van der Waals surface area contributed by atoms with Crippen LogP contribution < -0.4 is 9.47 Å². The lowest BCUT2D eigenvalue weighted by Crippen LogP contribution is -2.03. The lowest BCUT2D eigenvalue weighted by molar-refractivity contribution is 0.263. The molecule has 2 fully saturated rings. The highest BCUT2D eigenvalue weighted by Crippen LogP contribution is 2.14. The number of epoxide rings is 2. The van der Waals surface area contributed by atoms with E-state index in [2.05, 4.69) is 0 Å². The predicted molar refractivity (Wildman–Crippen MR) is 83.4 cm³/mol. The molecule has 2 aromatic rings. The molecule has 2 aliphatic heterocycles. The highest BCUT2D eigenvalue weighted by atomic mass is 16.6. The van der Waals surface area contributed by atoms with Crippen molar-refractivity contribution < 1.29 is 18.9 Å². The van der Waals surface area contributed by atoms with Gasteiger partial charge in [0.2, 0.25) is 0 Å². The van der Waals surface area contributed by atoms with Crippen molar-refractivity contribution in [2.24, 2.45) is 0 Å². The van der Waals surface area contributed by atoms with Gasteiger partial charge in [0.25, 0.3) is 0 Å². The van der Waals surface area contributed by atoms with Crippen molar-refractivity contribution in [2.45, 2.75) is 12.2 Å². The normalized spacial score (nSPS) is 21.3. The number of benzene rings is 2. The van der Waals surface area contributed by atoms with Crippen LogP contribution in [-0.4, -0.2) is 38.6 Å². The van der Waals surface area contributed by atoms with Gasteiger partial charge in [-0.05, 0) is 24.3 Å². The Balaban J connectivity index is 0.000000131. The summed E-state index contributed by atoms with van der Waals surface area (Å²) in [5, 5.41) is 0. The molecule has 0 aliphatic carbocycles. The van der Waals surface area contributed by atoms with Crippen LogP contribution in [0.1, 0.15) is 0 Å². The maximum Gasteiger partial charge on any atom is 0.119 e. The first-order valence-electron chi connectivity index (χ1n) is 7.49. The molecule has 0 N–H and O–H groups in total. The summed E-state index contributed by atoms with van der Waals surface area (Å²) in [6.45, 7) is 3.08. The van der Waals surface area contributed by atoms with Crippen LogP contribution in [-0.2, 0) is 9.47 Å². The Morgan fingerprint density at radius 1 is 0.682 bits per heavy atom. The molecule has 0 radical (unpaired) electrons. The second-order valence-corrected chi connectivity index (χ2v) is 5.16. The first-order valence-corrected chi connectivity index (χ1v) is 7.49. The molecule has 0 aromatic heterocycles. The number of ether oxygens (including phenoxy) is 4. The Hall–Kier alpha value is -2.04. The van der Waals surface area contributed by atoms with Crippen molar-refractivity contribution in [3.8, 4) is 11.5 Å². The van der Waals surface area contributed by atoms with E-state index < -0.39 is 0 Å². The second kappa shape index (κ2) is 7.82. The molecule has 4 nitrogen and oxygen atoms in total. The summed E-state index contributed by atoms with van der Waals surface area (Å²) in [5.41, 5.74) is 0. The van der Waals surface area contributed by atoms with E-state index in [0.29, 0.717) is 25.4 Å². The Morgan fingerprint density at radius 3 is 1.36 bits per heavy atom. The van der Waals surface area contributed by atoms with E-state index in [-0.39, 0.29) is 0 Å². The van der Waals surface area contributed by atoms with Gasteiger partial charge >= 0.3 is 0 Å². The summed E-state index contributed by atoms with van der Waals surface area (Å²) in [6, 6.07) is 19.6. The molecule has 2 aromatic carbocycles. The van der Waals surface area contributed by atoms with E-state index in [9.17, 15) is 0 Å². The molecule has 2 unspecified atom stereocenters. The third-order valence-electron chi connectivity index (χ3n) is 3.16. The number of para-hydroxylation sites is 2. The SMILES string of the molecule is c1ccc(OCC2CO2)cc1.c1ccc(OCC2CO2)cc1. The van der Waals surface area contributed by atoms with Crippen LogP contribution in [0.5, 0.6) is 11.5 Å². The van der Waals surface area contributed by atoms with Crippen LogP contribution in [0.2, 0.25) is 0 Å². The molecule has 0 saturated carbocycles. The molecule has 22 heavy (non-hydrogen) atoms. The maximum absolute atomic E-state index is 5.40. The van der Waals surface area contributed by atoms with E-state index in [4.69, 9.17) is 18.9 Å². The van der Waals surface area contributed by atoms with E-state index in [0.717, 1.165) is 24.7 Å². The molecule has 2 atom stereocenters. The van der Waals surface area contributed by atoms with Gasteiger partial charge in [-0.2, -0.15) is 0 Å². The molecular weight excluding hydrogens is 280 g/mol. The standard InChI is InChI=1S/2C9H10O2/c2*1-2-4-8(5-3-1)10-6-9-7-11-9/h2*1-5,9H,6-7H2. The monoisotopic (exact) mass is 300 g/mol. The first kappa shape index (κ1) is 14.9. The fourth-order valence-corrected chi connectivity index (χ4v) is 1.74. The average Bonchev–Trinajstić information content (AvgIpc) is 3.49.